The van der Waals surface area contributed by atoms with E-state index in [0.717, 1.165) is 35.6 Å². The molecule has 1 saturated heterocycles. The summed E-state index contributed by atoms with van der Waals surface area (Å²) >= 11 is 6.03. The Morgan fingerprint density at radius 3 is 2.58 bits per heavy atom. The second-order valence-electron chi connectivity index (χ2n) is 9.14. The summed E-state index contributed by atoms with van der Waals surface area (Å²) in [6.07, 6.45) is 6.25. The molecule has 5 heterocycles. The van der Waals surface area contributed by atoms with Crippen LogP contribution < -0.4 is 5.32 Å². The number of nitrogens with one attached hydrogen (secondary N) is 1. The molecule has 0 radical (unpaired) electrons. The summed E-state index contributed by atoms with van der Waals surface area (Å²) in [4.78, 5) is 17.7. The van der Waals surface area contributed by atoms with Crippen LogP contribution in [0.15, 0.2) is 79.8 Å². The molecule has 0 bridgehead atoms. The molecule has 1 aromatic carbocycles. The first-order chi connectivity index (χ1) is 19.3. The Labute approximate surface area is 247 Å². The average molecular weight is 631 g/mol. The number of hydrogen-bond acceptors (Lipinski definition) is 11. The Morgan fingerprint density at radius 1 is 1.02 bits per heavy atom. The van der Waals surface area contributed by atoms with Crippen LogP contribution in [0.4, 0.5) is 15.3 Å². The van der Waals surface area contributed by atoms with Crippen LogP contribution in [0.25, 0.3) is 10.2 Å². The van der Waals surface area contributed by atoms with Gasteiger partial charge in [-0.2, -0.15) is 4.37 Å². The third kappa shape index (κ3) is 6.31. The van der Waals surface area contributed by atoms with Gasteiger partial charge in [-0.25, -0.2) is 27.1 Å². The monoisotopic (exact) mass is 630 g/mol. The van der Waals surface area contributed by atoms with Crippen molar-refractivity contribution >= 4 is 77.6 Å². The quantitative estimate of drug-likeness (QED) is 0.197. The van der Waals surface area contributed by atoms with E-state index in [0.29, 0.717) is 36.9 Å². The number of anilines is 2. The van der Waals surface area contributed by atoms with Crippen molar-refractivity contribution in [2.24, 2.45) is 0 Å². The molecular weight excluding hydrogens is 608 g/mol. The summed E-state index contributed by atoms with van der Waals surface area (Å²) in [5.41, 5.74) is 0.969. The summed E-state index contributed by atoms with van der Waals surface area (Å²) in [7, 11) is -3.18. The normalized spacial score (nSPS) is 15.1. The summed E-state index contributed by atoms with van der Waals surface area (Å²) in [5, 5.41) is 5.98. The number of benzene rings is 1. The summed E-state index contributed by atoms with van der Waals surface area (Å²) < 4.78 is 44.4. The molecule has 1 aliphatic rings. The van der Waals surface area contributed by atoms with Gasteiger partial charge in [0, 0.05) is 57.6 Å². The predicted octanol–water partition coefficient (Wildman–Crippen LogP) is 6.87. The Balaban J connectivity index is 1.24. The number of sulfonamides is 1. The standard InChI is InChI=1S/C26H23FN6O2S5/c1-40(34,35)33-11-7-16(8-12-33)24-30-26(39-32-24)31-25-22(37-18-4-2-17(27)3-5-18)14-19(15-29-25)38-21-6-10-28-20-9-13-36-23(20)21/h2-6,9-10,13-16H,7-8,11-12H2,1H3,(H,29,30,31,32). The molecule has 0 spiro atoms. The van der Waals surface area contributed by atoms with Crippen molar-refractivity contribution in [2.75, 3.05) is 24.7 Å². The SMILES string of the molecule is CS(=O)(=O)N1CCC(c2nsc(Nc3ncc(Sc4ccnc5ccsc45)cc3Sc3ccc(F)cc3)n2)CC1. The predicted molar refractivity (Wildman–Crippen MR) is 160 cm³/mol. The number of pyridine rings is 2. The van der Waals surface area contributed by atoms with Gasteiger partial charge in [-0.1, -0.05) is 23.5 Å². The van der Waals surface area contributed by atoms with E-state index in [9.17, 15) is 12.8 Å². The van der Waals surface area contributed by atoms with Gasteiger partial charge in [0.15, 0.2) is 0 Å². The molecule has 6 rings (SSSR count). The molecule has 0 saturated carbocycles. The maximum absolute atomic E-state index is 13.5. The molecule has 0 amide bonds. The summed E-state index contributed by atoms with van der Waals surface area (Å²) in [6.45, 7) is 0.944. The van der Waals surface area contributed by atoms with E-state index in [2.05, 4.69) is 20.7 Å². The lowest BCUT2D eigenvalue weighted by atomic mass is 9.98. The van der Waals surface area contributed by atoms with Gasteiger partial charge in [-0.15, -0.1) is 11.3 Å². The van der Waals surface area contributed by atoms with Crippen LogP contribution in [0.3, 0.4) is 0 Å². The fourth-order valence-corrected chi connectivity index (χ4v) is 8.74. The highest BCUT2D eigenvalue weighted by Crippen LogP contribution is 2.40. The zero-order valence-corrected chi connectivity index (χ0v) is 25.2. The van der Waals surface area contributed by atoms with Crippen LogP contribution in [-0.4, -0.2) is 51.4 Å². The molecule has 1 aliphatic heterocycles. The molecule has 0 unspecified atom stereocenters. The molecule has 1 fully saturated rings. The van der Waals surface area contributed by atoms with Crippen molar-refractivity contribution in [1.29, 1.82) is 0 Å². The number of halogens is 1. The van der Waals surface area contributed by atoms with Gasteiger partial charge in [-0.3, -0.25) is 4.98 Å². The Morgan fingerprint density at radius 2 is 1.80 bits per heavy atom. The van der Waals surface area contributed by atoms with Gasteiger partial charge in [0.1, 0.15) is 17.5 Å². The Bertz CT molecular complexity index is 1750. The highest BCUT2D eigenvalue weighted by molar-refractivity contribution is 8.00. The second kappa shape index (κ2) is 11.7. The van der Waals surface area contributed by atoms with Crippen molar-refractivity contribution in [3.8, 4) is 0 Å². The van der Waals surface area contributed by atoms with Crippen molar-refractivity contribution in [2.45, 2.75) is 38.3 Å². The number of aromatic nitrogens is 4. The van der Waals surface area contributed by atoms with E-state index < -0.39 is 10.0 Å². The number of fused-ring (bicyclic) bond motifs is 1. The van der Waals surface area contributed by atoms with Crippen molar-refractivity contribution < 1.29 is 12.8 Å². The van der Waals surface area contributed by atoms with Gasteiger partial charge in [0.2, 0.25) is 15.2 Å². The molecule has 5 aromatic rings. The molecule has 14 heteroatoms. The minimum Gasteiger partial charge on any atom is -0.314 e. The fraction of sp³-hybridized carbons (Fsp3) is 0.231. The van der Waals surface area contributed by atoms with Crippen molar-refractivity contribution in [3.05, 3.63) is 71.9 Å². The largest absolute Gasteiger partial charge is 0.314 e. The van der Waals surface area contributed by atoms with E-state index in [4.69, 9.17) is 9.97 Å². The minimum absolute atomic E-state index is 0.110. The lowest BCUT2D eigenvalue weighted by molar-refractivity contribution is 0.316. The van der Waals surface area contributed by atoms with Crippen LogP contribution in [-0.2, 0) is 10.0 Å². The number of rotatable bonds is 8. The number of hydrogen-bond donors (Lipinski definition) is 1. The van der Waals surface area contributed by atoms with Gasteiger partial charge < -0.3 is 5.32 Å². The van der Waals surface area contributed by atoms with E-state index in [1.165, 1.54) is 46.0 Å². The van der Waals surface area contributed by atoms with Gasteiger partial charge in [-0.05, 0) is 60.7 Å². The summed E-state index contributed by atoms with van der Waals surface area (Å²) in [6, 6.07) is 12.5. The van der Waals surface area contributed by atoms with Gasteiger partial charge in [0.25, 0.3) is 0 Å². The zero-order chi connectivity index (χ0) is 27.7. The first-order valence-electron chi connectivity index (χ1n) is 12.3. The van der Waals surface area contributed by atoms with Crippen molar-refractivity contribution in [1.82, 2.24) is 23.6 Å². The van der Waals surface area contributed by atoms with Crippen LogP contribution in [0.2, 0.25) is 0 Å². The first kappa shape index (κ1) is 27.5. The van der Waals surface area contributed by atoms with Gasteiger partial charge in [0.05, 0.1) is 21.4 Å². The Kier molecular flexibility index (Phi) is 8.06. The lowest BCUT2D eigenvalue weighted by Crippen LogP contribution is -2.37. The third-order valence-corrected chi connectivity index (χ3v) is 11.4. The van der Waals surface area contributed by atoms with E-state index >= 15 is 0 Å². The topological polar surface area (TPSA) is 101 Å². The number of thiophene rings is 1. The molecule has 206 valence electrons. The summed E-state index contributed by atoms with van der Waals surface area (Å²) in [5.74, 6) is 1.17. The highest BCUT2D eigenvalue weighted by Gasteiger charge is 2.28. The van der Waals surface area contributed by atoms with Crippen LogP contribution in [0.1, 0.15) is 24.6 Å². The van der Waals surface area contributed by atoms with E-state index in [1.54, 1.807) is 35.2 Å². The van der Waals surface area contributed by atoms with Crippen LogP contribution in [0.5, 0.6) is 0 Å². The molecule has 1 N–H and O–H groups in total. The van der Waals surface area contributed by atoms with Crippen molar-refractivity contribution in [3.63, 3.8) is 0 Å². The minimum atomic E-state index is -3.18. The molecule has 40 heavy (non-hydrogen) atoms. The third-order valence-electron chi connectivity index (χ3n) is 6.36. The molecule has 0 atom stereocenters. The van der Waals surface area contributed by atoms with Crippen LogP contribution in [0, 0.1) is 5.82 Å². The fourth-order valence-electron chi connectivity index (χ4n) is 4.34. The lowest BCUT2D eigenvalue weighted by Gasteiger charge is -2.28. The first-order valence-corrected chi connectivity index (χ1v) is 17.4. The second-order valence-corrected chi connectivity index (χ2v) is 15.0. The van der Waals surface area contributed by atoms with E-state index in [-0.39, 0.29) is 11.7 Å². The van der Waals surface area contributed by atoms with E-state index in [1.807, 2.05) is 29.9 Å². The average Bonchev–Trinajstić information content (AvgIpc) is 3.62. The number of piperidine rings is 1. The number of nitrogens with zero attached hydrogens (tertiary/aromatic N) is 5. The molecular formula is C26H23FN6O2S5. The molecule has 4 aromatic heterocycles. The zero-order valence-electron chi connectivity index (χ0n) is 21.2. The highest BCUT2D eigenvalue weighted by atomic mass is 32.2. The smallest absolute Gasteiger partial charge is 0.211 e. The molecule has 8 nitrogen and oxygen atoms in total. The van der Waals surface area contributed by atoms with Crippen LogP contribution >= 0.6 is 46.4 Å². The Hall–Kier alpha value is -2.62. The van der Waals surface area contributed by atoms with Gasteiger partial charge >= 0.3 is 0 Å². The molecule has 0 aliphatic carbocycles. The maximum atomic E-state index is 13.5. The maximum Gasteiger partial charge on any atom is 0.211 e.